The molecule has 0 unspecified atom stereocenters. The van der Waals surface area contributed by atoms with Crippen LogP contribution in [0.4, 0.5) is 11.5 Å². The molecule has 4 N–H and O–H groups in total. The topological polar surface area (TPSA) is 110 Å². The zero-order valence-electron chi connectivity index (χ0n) is 8.76. The molecule has 0 bridgehead atoms. The Hall–Kier alpha value is -1.55. The molecule has 94 valence electrons. The number of hydrogen-bond donors (Lipinski definition) is 3. The molecule has 0 aliphatic carbocycles. The number of benzene rings is 1. The van der Waals surface area contributed by atoms with Gasteiger partial charge in [0.1, 0.15) is 0 Å². The molecule has 0 saturated heterocycles. The van der Waals surface area contributed by atoms with Gasteiger partial charge in [0.2, 0.25) is 5.84 Å². The van der Waals surface area contributed by atoms with Crippen LogP contribution in [0.5, 0.6) is 0 Å². The molecule has 0 amide bonds. The molecule has 1 aromatic carbocycles. The van der Waals surface area contributed by atoms with E-state index in [4.69, 9.17) is 22.5 Å². The molecule has 9 heteroatoms. The van der Waals surface area contributed by atoms with E-state index in [1.165, 1.54) is 0 Å². The molecule has 2 aromatic rings. The molecule has 0 aliphatic heterocycles. The van der Waals surface area contributed by atoms with E-state index < -0.39 is 0 Å². The van der Waals surface area contributed by atoms with E-state index in [1.807, 2.05) is 6.07 Å². The van der Waals surface area contributed by atoms with Gasteiger partial charge in [0.25, 0.3) is 0 Å². The van der Waals surface area contributed by atoms with E-state index >= 15 is 0 Å². The van der Waals surface area contributed by atoms with Gasteiger partial charge in [-0.25, -0.2) is 4.63 Å². The average Bonchev–Trinajstić information content (AvgIpc) is 2.77. The molecule has 7 nitrogen and oxygen atoms in total. The van der Waals surface area contributed by atoms with Gasteiger partial charge in [-0.2, -0.15) is 0 Å². The highest BCUT2D eigenvalue weighted by Gasteiger charge is 2.15. The molecule has 0 fully saturated rings. The number of nitrogens with one attached hydrogen (secondary N) is 1. The first-order valence-electron chi connectivity index (χ1n) is 4.64. The van der Waals surface area contributed by atoms with Crippen LogP contribution in [-0.4, -0.2) is 21.4 Å². The summed E-state index contributed by atoms with van der Waals surface area (Å²) in [4.78, 5) is 0. The van der Waals surface area contributed by atoms with E-state index in [9.17, 15) is 0 Å². The van der Waals surface area contributed by atoms with Crippen molar-refractivity contribution in [3.8, 4) is 0 Å². The fourth-order valence-electron chi connectivity index (χ4n) is 1.20. The molecule has 0 spiro atoms. The number of anilines is 2. The lowest BCUT2D eigenvalue weighted by molar-refractivity contribution is 0.305. The molecular formula is C9H7ClIN5O2. The van der Waals surface area contributed by atoms with E-state index in [0.717, 1.165) is 3.57 Å². The lowest BCUT2D eigenvalue weighted by Gasteiger charge is -2.06. The number of nitrogens with zero attached hydrogens (tertiary/aromatic N) is 3. The summed E-state index contributed by atoms with van der Waals surface area (Å²) in [5.74, 6) is 0.0398. The smallest absolute Gasteiger partial charge is 0.203 e. The molecule has 0 saturated carbocycles. The summed E-state index contributed by atoms with van der Waals surface area (Å²) in [5, 5.41) is 22.3. The number of hydrogen-bond acceptors (Lipinski definition) is 6. The van der Waals surface area contributed by atoms with Crippen molar-refractivity contribution in [2.24, 2.45) is 5.16 Å². The quantitative estimate of drug-likeness (QED) is 0.242. The van der Waals surface area contributed by atoms with Crippen molar-refractivity contribution < 1.29 is 9.84 Å². The summed E-state index contributed by atoms with van der Waals surface area (Å²) in [6.45, 7) is 0. The van der Waals surface area contributed by atoms with Crippen molar-refractivity contribution in [1.29, 1.82) is 0 Å². The van der Waals surface area contributed by atoms with E-state index in [2.05, 4.69) is 48.0 Å². The van der Waals surface area contributed by atoms with Crippen molar-refractivity contribution in [3.05, 3.63) is 32.5 Å². The second-order valence-corrected chi connectivity index (χ2v) is 4.77. The van der Waals surface area contributed by atoms with Crippen LogP contribution in [0.2, 0.25) is 5.02 Å². The van der Waals surface area contributed by atoms with Gasteiger partial charge in [0.05, 0.1) is 5.02 Å². The van der Waals surface area contributed by atoms with Gasteiger partial charge in [-0.05, 0) is 51.1 Å². The van der Waals surface area contributed by atoms with Crippen molar-refractivity contribution in [3.63, 3.8) is 0 Å². The Kier molecular flexibility index (Phi) is 3.87. The number of amidine groups is 1. The molecule has 1 aromatic heterocycles. The Balaban J connectivity index is 2.27. The first-order chi connectivity index (χ1) is 8.61. The van der Waals surface area contributed by atoms with Gasteiger partial charge in [0, 0.05) is 9.26 Å². The maximum absolute atomic E-state index is 8.93. The summed E-state index contributed by atoms with van der Waals surface area (Å²) in [6.07, 6.45) is 0. The molecule has 0 atom stereocenters. The zero-order valence-corrected chi connectivity index (χ0v) is 11.7. The first-order valence-corrected chi connectivity index (χ1v) is 6.10. The molecule has 0 aliphatic rings. The number of rotatable bonds is 2. The monoisotopic (exact) mass is 379 g/mol. The highest BCUT2D eigenvalue weighted by molar-refractivity contribution is 14.1. The van der Waals surface area contributed by atoms with Crippen LogP contribution in [0.3, 0.4) is 0 Å². The van der Waals surface area contributed by atoms with E-state index in [1.54, 1.807) is 12.1 Å². The lowest BCUT2D eigenvalue weighted by atomic mass is 10.3. The summed E-state index contributed by atoms with van der Waals surface area (Å²) >= 11 is 8.08. The number of halogens is 2. The Morgan fingerprint density at radius 3 is 2.83 bits per heavy atom. The van der Waals surface area contributed by atoms with Gasteiger partial charge in [-0.1, -0.05) is 16.8 Å². The van der Waals surface area contributed by atoms with Gasteiger partial charge >= 0.3 is 0 Å². The third-order valence-electron chi connectivity index (χ3n) is 2.02. The molecular weight excluding hydrogens is 372 g/mol. The van der Waals surface area contributed by atoms with Crippen molar-refractivity contribution >= 4 is 51.5 Å². The minimum absolute atomic E-state index is 0.0195. The first kappa shape index (κ1) is 12.9. The Morgan fingerprint density at radius 2 is 2.28 bits per heavy atom. The zero-order chi connectivity index (χ0) is 13.1. The predicted octanol–water partition coefficient (Wildman–Crippen LogP) is 2.16. The summed E-state index contributed by atoms with van der Waals surface area (Å²) in [6, 6.07) is 5.26. The second-order valence-electron chi connectivity index (χ2n) is 3.20. The SMILES string of the molecule is Nc1nonc1/C(=N/O)Nc1ccc(I)c(Cl)c1. The van der Waals surface area contributed by atoms with Gasteiger partial charge in [-0.3, -0.25) is 0 Å². The van der Waals surface area contributed by atoms with Crippen LogP contribution >= 0.6 is 34.2 Å². The number of oxime groups is 1. The molecule has 0 radical (unpaired) electrons. The fourth-order valence-corrected chi connectivity index (χ4v) is 1.72. The van der Waals surface area contributed by atoms with Crippen LogP contribution in [0.25, 0.3) is 0 Å². The maximum atomic E-state index is 8.93. The summed E-state index contributed by atoms with van der Waals surface area (Å²) in [5.41, 5.74) is 6.24. The Bertz CT molecular complexity index is 600. The number of nitrogens with two attached hydrogens (primary N) is 1. The standard InChI is InChI=1S/C9H7ClIN5O2/c10-5-3-4(1-2-6(5)11)13-9(14-17)7-8(12)16-18-15-7/h1-3,17H,(H2,12,16)(H,13,14). The average molecular weight is 380 g/mol. The van der Waals surface area contributed by atoms with Gasteiger partial charge in [0.15, 0.2) is 11.5 Å². The predicted molar refractivity (Wildman–Crippen MR) is 74.8 cm³/mol. The normalized spacial score (nSPS) is 11.6. The van der Waals surface area contributed by atoms with Crippen LogP contribution in [0.1, 0.15) is 5.69 Å². The largest absolute Gasteiger partial charge is 0.409 e. The Labute approximate surface area is 120 Å². The Morgan fingerprint density at radius 1 is 1.50 bits per heavy atom. The van der Waals surface area contributed by atoms with E-state index in [0.29, 0.717) is 10.7 Å². The minimum atomic E-state index is 0.0195. The summed E-state index contributed by atoms with van der Waals surface area (Å²) in [7, 11) is 0. The second kappa shape index (κ2) is 5.40. The molecule has 1 heterocycles. The van der Waals surface area contributed by atoms with Crippen LogP contribution < -0.4 is 11.1 Å². The molecule has 2 rings (SSSR count). The third-order valence-corrected chi connectivity index (χ3v) is 3.59. The highest BCUT2D eigenvalue weighted by atomic mass is 127. The van der Waals surface area contributed by atoms with Crippen LogP contribution in [-0.2, 0) is 0 Å². The van der Waals surface area contributed by atoms with Crippen molar-refractivity contribution in [2.75, 3.05) is 11.1 Å². The number of aromatic nitrogens is 2. The molecule has 18 heavy (non-hydrogen) atoms. The fraction of sp³-hybridized carbons (Fsp3) is 0. The van der Waals surface area contributed by atoms with Gasteiger partial charge in [-0.15, -0.1) is 0 Å². The highest BCUT2D eigenvalue weighted by Crippen LogP contribution is 2.23. The van der Waals surface area contributed by atoms with Crippen molar-refractivity contribution in [2.45, 2.75) is 0 Å². The summed E-state index contributed by atoms with van der Waals surface area (Å²) < 4.78 is 5.33. The van der Waals surface area contributed by atoms with Gasteiger partial charge < -0.3 is 16.3 Å². The van der Waals surface area contributed by atoms with Crippen LogP contribution in [0.15, 0.2) is 28.0 Å². The number of nitrogen functional groups attached to an aromatic ring is 1. The maximum Gasteiger partial charge on any atom is 0.203 e. The minimum Gasteiger partial charge on any atom is -0.409 e. The van der Waals surface area contributed by atoms with Crippen molar-refractivity contribution in [1.82, 2.24) is 10.3 Å². The van der Waals surface area contributed by atoms with Crippen LogP contribution in [0, 0.1) is 3.57 Å². The lowest BCUT2D eigenvalue weighted by Crippen LogP contribution is -2.16. The van der Waals surface area contributed by atoms with E-state index in [-0.39, 0.29) is 17.3 Å². The third kappa shape index (κ3) is 2.64.